The van der Waals surface area contributed by atoms with Crippen LogP contribution in [0.5, 0.6) is 0 Å². The van der Waals surface area contributed by atoms with E-state index in [9.17, 15) is 8.78 Å². The highest BCUT2D eigenvalue weighted by Crippen LogP contribution is 2.28. The summed E-state index contributed by atoms with van der Waals surface area (Å²) in [6, 6.07) is 10.5. The molecule has 100 valence electrons. The van der Waals surface area contributed by atoms with E-state index in [0.29, 0.717) is 10.7 Å². The lowest BCUT2D eigenvalue weighted by molar-refractivity contribution is 0.620. The Kier molecular flexibility index (Phi) is 4.38. The SMILES string of the molecule is CCC(Nc1ccc(F)cc1Cl)c1cccc(F)c1. The van der Waals surface area contributed by atoms with Gasteiger partial charge < -0.3 is 5.32 Å². The molecule has 0 aliphatic heterocycles. The van der Waals surface area contributed by atoms with Gasteiger partial charge in [0, 0.05) is 0 Å². The number of rotatable bonds is 4. The molecule has 0 aliphatic rings. The normalized spacial score (nSPS) is 12.2. The zero-order valence-electron chi connectivity index (χ0n) is 10.5. The van der Waals surface area contributed by atoms with E-state index in [2.05, 4.69) is 5.32 Å². The lowest BCUT2D eigenvalue weighted by Crippen LogP contribution is -2.10. The Morgan fingerprint density at radius 3 is 2.47 bits per heavy atom. The Balaban J connectivity index is 2.24. The van der Waals surface area contributed by atoms with Crippen LogP contribution in [0.25, 0.3) is 0 Å². The zero-order chi connectivity index (χ0) is 13.8. The minimum atomic E-state index is -0.380. The van der Waals surface area contributed by atoms with E-state index in [0.717, 1.165) is 12.0 Å². The maximum Gasteiger partial charge on any atom is 0.124 e. The summed E-state index contributed by atoms with van der Waals surface area (Å²) < 4.78 is 26.2. The molecule has 0 spiro atoms. The van der Waals surface area contributed by atoms with E-state index in [1.165, 1.54) is 24.3 Å². The number of benzene rings is 2. The van der Waals surface area contributed by atoms with Gasteiger partial charge in [-0.15, -0.1) is 0 Å². The lowest BCUT2D eigenvalue weighted by Gasteiger charge is -2.19. The van der Waals surface area contributed by atoms with Crippen molar-refractivity contribution in [3.63, 3.8) is 0 Å². The van der Waals surface area contributed by atoms with Crippen molar-refractivity contribution in [1.82, 2.24) is 0 Å². The van der Waals surface area contributed by atoms with Crippen LogP contribution in [0.15, 0.2) is 42.5 Å². The third kappa shape index (κ3) is 3.44. The van der Waals surface area contributed by atoms with Gasteiger partial charge in [0.15, 0.2) is 0 Å². The molecule has 1 unspecified atom stereocenters. The third-order valence-corrected chi connectivity index (χ3v) is 3.23. The maximum atomic E-state index is 13.2. The summed E-state index contributed by atoms with van der Waals surface area (Å²) >= 11 is 5.97. The molecule has 1 nitrogen and oxygen atoms in total. The molecular formula is C15H14ClF2N. The fraction of sp³-hybridized carbons (Fsp3) is 0.200. The highest BCUT2D eigenvalue weighted by Gasteiger charge is 2.12. The van der Waals surface area contributed by atoms with Crippen molar-refractivity contribution in [2.24, 2.45) is 0 Å². The number of hydrogen-bond acceptors (Lipinski definition) is 1. The first-order chi connectivity index (χ1) is 9.10. The highest BCUT2D eigenvalue weighted by molar-refractivity contribution is 6.33. The monoisotopic (exact) mass is 281 g/mol. The van der Waals surface area contributed by atoms with E-state index in [-0.39, 0.29) is 17.7 Å². The van der Waals surface area contributed by atoms with Crippen molar-refractivity contribution in [2.75, 3.05) is 5.32 Å². The molecule has 0 amide bonds. The van der Waals surface area contributed by atoms with Crippen LogP contribution in [-0.4, -0.2) is 0 Å². The minimum absolute atomic E-state index is 0.0707. The van der Waals surface area contributed by atoms with Crippen LogP contribution in [0.1, 0.15) is 24.9 Å². The molecule has 0 saturated heterocycles. The molecule has 0 radical (unpaired) electrons. The first kappa shape index (κ1) is 13.8. The van der Waals surface area contributed by atoms with E-state index in [4.69, 9.17) is 11.6 Å². The standard InChI is InChI=1S/C15H14ClF2N/c1-2-14(10-4-3-5-11(17)8-10)19-15-7-6-12(18)9-13(15)16/h3-9,14,19H,2H2,1H3. The molecule has 0 aromatic heterocycles. The number of nitrogens with one attached hydrogen (secondary N) is 1. The fourth-order valence-electron chi connectivity index (χ4n) is 1.94. The zero-order valence-corrected chi connectivity index (χ0v) is 11.2. The minimum Gasteiger partial charge on any atom is -0.377 e. The van der Waals surface area contributed by atoms with Crippen molar-refractivity contribution >= 4 is 17.3 Å². The Morgan fingerprint density at radius 1 is 1.11 bits per heavy atom. The first-order valence-corrected chi connectivity index (χ1v) is 6.45. The summed E-state index contributed by atoms with van der Waals surface area (Å²) in [5, 5.41) is 3.52. The largest absolute Gasteiger partial charge is 0.377 e. The number of hydrogen-bond donors (Lipinski definition) is 1. The Morgan fingerprint density at radius 2 is 1.84 bits per heavy atom. The van der Waals surface area contributed by atoms with Gasteiger partial charge in [-0.3, -0.25) is 0 Å². The van der Waals surface area contributed by atoms with E-state index >= 15 is 0 Å². The quantitative estimate of drug-likeness (QED) is 0.814. The fourth-order valence-corrected chi connectivity index (χ4v) is 2.16. The van der Waals surface area contributed by atoms with Crippen LogP contribution in [0.2, 0.25) is 5.02 Å². The second-order valence-electron chi connectivity index (χ2n) is 4.28. The van der Waals surface area contributed by atoms with Crippen LogP contribution in [-0.2, 0) is 0 Å². The van der Waals surface area contributed by atoms with Crippen LogP contribution in [0.3, 0.4) is 0 Å². The van der Waals surface area contributed by atoms with Gasteiger partial charge in [0.2, 0.25) is 0 Å². The molecule has 0 heterocycles. The van der Waals surface area contributed by atoms with Gasteiger partial charge >= 0.3 is 0 Å². The molecule has 19 heavy (non-hydrogen) atoms. The first-order valence-electron chi connectivity index (χ1n) is 6.07. The van der Waals surface area contributed by atoms with Crippen LogP contribution in [0.4, 0.5) is 14.5 Å². The maximum absolute atomic E-state index is 13.2. The van der Waals surface area contributed by atoms with E-state index in [1.54, 1.807) is 12.1 Å². The molecule has 2 aromatic rings. The van der Waals surface area contributed by atoms with Crippen molar-refractivity contribution in [1.29, 1.82) is 0 Å². The third-order valence-electron chi connectivity index (χ3n) is 2.92. The van der Waals surface area contributed by atoms with Crippen molar-refractivity contribution < 1.29 is 8.78 Å². The molecule has 0 bridgehead atoms. The summed E-state index contributed by atoms with van der Waals surface area (Å²) in [6.07, 6.45) is 0.761. The average molecular weight is 282 g/mol. The van der Waals surface area contributed by atoms with E-state index in [1.807, 2.05) is 13.0 Å². The predicted octanol–water partition coefficient (Wildman–Crippen LogP) is 5.18. The molecule has 2 rings (SSSR count). The summed E-state index contributed by atoms with van der Waals surface area (Å²) in [5.41, 5.74) is 1.47. The molecule has 0 saturated carbocycles. The second-order valence-corrected chi connectivity index (χ2v) is 4.69. The Labute approximate surface area is 116 Å². The lowest BCUT2D eigenvalue weighted by atomic mass is 10.0. The second kappa shape index (κ2) is 6.02. The summed E-state index contributed by atoms with van der Waals surface area (Å²) in [7, 11) is 0. The molecule has 2 aromatic carbocycles. The van der Waals surface area contributed by atoms with Gasteiger partial charge in [0.1, 0.15) is 11.6 Å². The van der Waals surface area contributed by atoms with Gasteiger partial charge in [0.05, 0.1) is 16.8 Å². The molecule has 1 N–H and O–H groups in total. The van der Waals surface area contributed by atoms with Crippen molar-refractivity contribution in [2.45, 2.75) is 19.4 Å². The molecular weight excluding hydrogens is 268 g/mol. The molecule has 4 heteroatoms. The van der Waals surface area contributed by atoms with Gasteiger partial charge in [-0.25, -0.2) is 8.78 Å². The summed E-state index contributed by atoms with van der Waals surface area (Å²) in [5.74, 6) is -0.655. The number of halogens is 3. The Bertz CT molecular complexity index is 572. The van der Waals surface area contributed by atoms with Crippen molar-refractivity contribution in [3.8, 4) is 0 Å². The van der Waals surface area contributed by atoms with Crippen molar-refractivity contribution in [3.05, 3.63) is 64.7 Å². The van der Waals surface area contributed by atoms with Crippen LogP contribution < -0.4 is 5.32 Å². The topological polar surface area (TPSA) is 12.0 Å². The molecule has 1 atom stereocenters. The van der Waals surface area contributed by atoms with E-state index < -0.39 is 0 Å². The number of anilines is 1. The highest BCUT2D eigenvalue weighted by atomic mass is 35.5. The van der Waals surface area contributed by atoms with Crippen LogP contribution >= 0.6 is 11.6 Å². The summed E-state index contributed by atoms with van der Waals surface area (Å²) in [4.78, 5) is 0. The average Bonchev–Trinajstić information content (AvgIpc) is 2.38. The molecule has 0 fully saturated rings. The molecule has 0 aliphatic carbocycles. The predicted molar refractivity (Wildman–Crippen MR) is 74.5 cm³/mol. The van der Waals surface area contributed by atoms with Gasteiger partial charge in [-0.2, -0.15) is 0 Å². The van der Waals surface area contributed by atoms with Gasteiger partial charge in [-0.05, 0) is 42.3 Å². The van der Waals surface area contributed by atoms with Gasteiger partial charge in [0.25, 0.3) is 0 Å². The van der Waals surface area contributed by atoms with Crippen LogP contribution in [0, 0.1) is 11.6 Å². The Hall–Kier alpha value is -1.61. The smallest absolute Gasteiger partial charge is 0.124 e. The van der Waals surface area contributed by atoms with Gasteiger partial charge in [-0.1, -0.05) is 30.7 Å². The summed E-state index contributed by atoms with van der Waals surface area (Å²) in [6.45, 7) is 1.99.